The molecule has 1 aliphatic heterocycles. The Labute approximate surface area is 203 Å². The monoisotopic (exact) mass is 485 g/mol. The van der Waals surface area contributed by atoms with E-state index in [0.29, 0.717) is 12.5 Å². The summed E-state index contributed by atoms with van der Waals surface area (Å²) in [4.78, 5) is 22.8. The Balaban J connectivity index is 0. The zero-order valence-electron chi connectivity index (χ0n) is 22.0. The minimum absolute atomic E-state index is 0.126. The van der Waals surface area contributed by atoms with Gasteiger partial charge in [-0.3, -0.25) is 9.78 Å². The van der Waals surface area contributed by atoms with Crippen molar-refractivity contribution in [3.05, 3.63) is 23.5 Å². The molecule has 194 valence electrons. The highest BCUT2D eigenvalue weighted by molar-refractivity contribution is 6.42. The molecule has 1 aromatic heterocycles. The third-order valence-electron chi connectivity index (χ3n) is 4.15. The maximum absolute atomic E-state index is 12.6. The van der Waals surface area contributed by atoms with Gasteiger partial charge in [-0.25, -0.2) is 4.99 Å². The van der Waals surface area contributed by atoms with Crippen molar-refractivity contribution >= 4 is 17.4 Å². The molecular formula is C24H41F2N5O3. The summed E-state index contributed by atoms with van der Waals surface area (Å²) < 4.78 is 28.8. The van der Waals surface area contributed by atoms with E-state index in [4.69, 9.17) is 0 Å². The van der Waals surface area contributed by atoms with Crippen molar-refractivity contribution in [2.75, 3.05) is 39.7 Å². The van der Waals surface area contributed by atoms with Gasteiger partial charge in [-0.05, 0) is 44.2 Å². The van der Waals surface area contributed by atoms with Gasteiger partial charge in [0.15, 0.2) is 11.9 Å². The second-order valence-electron chi connectivity index (χ2n) is 6.95. The fourth-order valence-corrected chi connectivity index (χ4v) is 2.51. The number of carbonyl (C=O) groups is 1. The third-order valence-corrected chi connectivity index (χ3v) is 4.15. The number of ether oxygens (including phenoxy) is 2. The van der Waals surface area contributed by atoms with Crippen LogP contribution in [-0.4, -0.2) is 68.7 Å². The predicted molar refractivity (Wildman–Crippen MR) is 132 cm³/mol. The van der Waals surface area contributed by atoms with Gasteiger partial charge in [0.05, 0.1) is 24.0 Å². The molecular weight excluding hydrogens is 444 g/mol. The Morgan fingerprint density at radius 2 is 1.74 bits per heavy atom. The maximum Gasteiger partial charge on any atom is 0.345 e. The van der Waals surface area contributed by atoms with E-state index in [-0.39, 0.29) is 11.7 Å². The molecule has 2 aliphatic rings. The van der Waals surface area contributed by atoms with Crippen molar-refractivity contribution in [2.45, 2.75) is 67.0 Å². The van der Waals surface area contributed by atoms with Crippen LogP contribution in [0.4, 0.5) is 14.5 Å². The first-order valence-electron chi connectivity index (χ1n) is 11.4. The van der Waals surface area contributed by atoms with Crippen LogP contribution in [0.5, 0.6) is 0 Å². The van der Waals surface area contributed by atoms with Crippen molar-refractivity contribution < 1.29 is 23.0 Å². The number of methoxy groups -OCH3 is 2. The number of aromatic nitrogens is 1. The van der Waals surface area contributed by atoms with Crippen LogP contribution in [0, 0.1) is 31.1 Å². The number of aryl methyl sites for hydroxylation is 2. The second-order valence-corrected chi connectivity index (χ2v) is 6.95. The second kappa shape index (κ2) is 19.8. The van der Waals surface area contributed by atoms with Crippen molar-refractivity contribution in [2.24, 2.45) is 10.9 Å². The van der Waals surface area contributed by atoms with E-state index in [1.807, 2.05) is 47.6 Å². The molecule has 34 heavy (non-hydrogen) atoms. The molecule has 1 amide bonds. The van der Waals surface area contributed by atoms with Crippen LogP contribution in [0.2, 0.25) is 0 Å². The van der Waals surface area contributed by atoms with Crippen molar-refractivity contribution in [3.8, 4) is 6.07 Å². The number of nitrogens with zero attached hydrogens (tertiary/aromatic N) is 4. The van der Waals surface area contributed by atoms with E-state index in [1.165, 1.54) is 12.8 Å². The Morgan fingerprint density at radius 3 is 2.18 bits per heavy atom. The van der Waals surface area contributed by atoms with Crippen molar-refractivity contribution in [1.29, 1.82) is 5.26 Å². The first kappa shape index (κ1) is 33.5. The Morgan fingerprint density at radius 1 is 1.21 bits per heavy atom. The molecule has 0 radical (unpaired) electrons. The standard InChI is InChI=1S/C16H19N5O.C2H4F2O.C2H6O.2C2H6/c1-10-5-14(11(2)18-7-10)20-15-16(22)21(8-12-3-4-12)9-13(6-17)19-15;1-5-2(3)4;1-3-2;2*1-2/h5,7,12-13H,3-4,8-9H2,1-2H3,(H,19,20);2H,1H3;1-2H3;2*1-2H3. The zero-order chi connectivity index (χ0) is 26.7. The SMILES string of the molecule is CC.CC.COC.COC(F)F.Cc1cnc(C)c(NC2=NC(C#N)CN(CC3CC3)C2=O)c1. The number of alkyl halides is 2. The predicted octanol–water partition coefficient (Wildman–Crippen LogP) is 4.82. The number of pyridine rings is 1. The number of hydrogen-bond acceptors (Lipinski definition) is 7. The normalized spacial score (nSPS) is 16.1. The highest BCUT2D eigenvalue weighted by atomic mass is 19.3. The number of anilines is 1. The summed E-state index contributed by atoms with van der Waals surface area (Å²) in [6, 6.07) is 3.58. The third kappa shape index (κ3) is 13.8. The van der Waals surface area contributed by atoms with Gasteiger partial charge in [-0.15, -0.1) is 0 Å². The van der Waals surface area contributed by atoms with Crippen LogP contribution in [0.3, 0.4) is 0 Å². The summed E-state index contributed by atoms with van der Waals surface area (Å²) >= 11 is 0. The van der Waals surface area contributed by atoms with E-state index < -0.39 is 12.7 Å². The summed E-state index contributed by atoms with van der Waals surface area (Å²) in [7, 11) is 4.20. The zero-order valence-corrected chi connectivity index (χ0v) is 22.0. The fraction of sp³-hybridized carbons (Fsp3) is 0.667. The minimum atomic E-state index is -2.62. The minimum Gasteiger partial charge on any atom is -0.388 e. The molecule has 1 aromatic rings. The summed E-state index contributed by atoms with van der Waals surface area (Å²) in [6.45, 7) is 10.3. The van der Waals surface area contributed by atoms with Crippen LogP contribution in [-0.2, 0) is 14.3 Å². The molecule has 1 aliphatic carbocycles. The van der Waals surface area contributed by atoms with E-state index in [0.717, 1.165) is 30.6 Å². The van der Waals surface area contributed by atoms with Gasteiger partial charge in [0.1, 0.15) is 0 Å². The van der Waals surface area contributed by atoms with Gasteiger partial charge in [0, 0.05) is 34.1 Å². The molecule has 8 nitrogen and oxygen atoms in total. The number of amidine groups is 1. The molecule has 10 heteroatoms. The van der Waals surface area contributed by atoms with Crippen LogP contribution in [0.15, 0.2) is 17.3 Å². The fourth-order valence-electron chi connectivity index (χ4n) is 2.51. The maximum atomic E-state index is 12.6. The molecule has 0 spiro atoms. The Hall–Kier alpha value is -2.64. The number of rotatable bonds is 4. The van der Waals surface area contributed by atoms with E-state index in [1.54, 1.807) is 25.3 Å². The molecule has 3 rings (SSSR count). The molecule has 1 saturated carbocycles. The number of nitriles is 1. The first-order valence-corrected chi connectivity index (χ1v) is 11.4. The average molecular weight is 486 g/mol. The van der Waals surface area contributed by atoms with Crippen molar-refractivity contribution in [3.63, 3.8) is 0 Å². The van der Waals surface area contributed by atoms with E-state index >= 15 is 0 Å². The smallest absolute Gasteiger partial charge is 0.345 e. The van der Waals surface area contributed by atoms with Gasteiger partial charge in [0.2, 0.25) is 0 Å². The number of halogens is 2. The van der Waals surface area contributed by atoms with Gasteiger partial charge >= 0.3 is 6.61 Å². The van der Waals surface area contributed by atoms with Gasteiger partial charge < -0.3 is 19.7 Å². The highest BCUT2D eigenvalue weighted by Gasteiger charge is 2.33. The lowest BCUT2D eigenvalue weighted by atomic mass is 10.2. The van der Waals surface area contributed by atoms with Crippen LogP contribution < -0.4 is 5.32 Å². The molecule has 1 fully saturated rings. The van der Waals surface area contributed by atoms with Crippen LogP contribution in [0.25, 0.3) is 0 Å². The lowest BCUT2D eigenvalue weighted by molar-refractivity contribution is -0.125. The molecule has 1 atom stereocenters. The number of amides is 1. The summed E-state index contributed by atoms with van der Waals surface area (Å²) in [5, 5.41) is 12.3. The Bertz CT molecular complexity index is 765. The quantitative estimate of drug-likeness (QED) is 0.656. The lowest BCUT2D eigenvalue weighted by Crippen LogP contribution is -2.48. The number of nitrogens with one attached hydrogen (secondary N) is 1. The number of carbonyl (C=O) groups excluding carboxylic acids is 1. The molecule has 1 unspecified atom stereocenters. The topological polar surface area (TPSA) is 99.8 Å². The lowest BCUT2D eigenvalue weighted by Gasteiger charge is -2.29. The largest absolute Gasteiger partial charge is 0.388 e. The molecule has 0 bridgehead atoms. The number of hydrogen-bond donors (Lipinski definition) is 1. The van der Waals surface area contributed by atoms with E-state index in [2.05, 4.69) is 30.8 Å². The summed E-state index contributed by atoms with van der Waals surface area (Å²) in [5.74, 6) is 0.707. The van der Waals surface area contributed by atoms with Crippen LogP contribution in [0.1, 0.15) is 51.8 Å². The molecule has 0 aromatic carbocycles. The highest BCUT2D eigenvalue weighted by Crippen LogP contribution is 2.30. The van der Waals surface area contributed by atoms with E-state index in [9.17, 15) is 18.8 Å². The summed E-state index contributed by atoms with van der Waals surface area (Å²) in [5.41, 5.74) is 2.56. The molecule has 1 N–H and O–H groups in total. The Kier molecular flexibility index (Phi) is 19.5. The molecule has 2 heterocycles. The molecule has 0 saturated heterocycles. The number of aliphatic imine (C=N–C) groups is 1. The van der Waals surface area contributed by atoms with Gasteiger partial charge in [0.25, 0.3) is 5.91 Å². The van der Waals surface area contributed by atoms with Crippen molar-refractivity contribution in [1.82, 2.24) is 9.88 Å². The van der Waals surface area contributed by atoms with Gasteiger partial charge in [-0.2, -0.15) is 14.0 Å². The van der Waals surface area contributed by atoms with Crippen LogP contribution >= 0.6 is 0 Å². The average Bonchev–Trinajstić information content (AvgIpc) is 3.66. The first-order chi connectivity index (χ1) is 16.2. The summed E-state index contributed by atoms with van der Waals surface area (Å²) in [6.07, 6.45) is 4.12. The van der Waals surface area contributed by atoms with Gasteiger partial charge in [-0.1, -0.05) is 27.7 Å².